The average Bonchev–Trinajstić information content (AvgIpc) is 2.37. The maximum absolute atomic E-state index is 13.3. The van der Waals surface area contributed by atoms with Gasteiger partial charge in [0, 0.05) is 13.1 Å². The van der Waals surface area contributed by atoms with Crippen LogP contribution in [0.2, 0.25) is 0 Å². The summed E-state index contributed by atoms with van der Waals surface area (Å²) < 4.78 is 18.5. The minimum absolute atomic E-state index is 0.0370. The zero-order chi connectivity index (χ0) is 13.4. The number of hydrogen-bond acceptors (Lipinski definition) is 4. The van der Waals surface area contributed by atoms with Crippen LogP contribution in [0.1, 0.15) is 12.5 Å². The summed E-state index contributed by atoms with van der Waals surface area (Å²) in [5.41, 5.74) is 6.50. The number of halogens is 1. The number of nitrogens with zero attached hydrogens (tertiary/aromatic N) is 1. The molecule has 4 nitrogen and oxygen atoms in total. The molecular weight excluding hydrogens is 235 g/mol. The van der Waals surface area contributed by atoms with Crippen molar-refractivity contribution < 1.29 is 14.2 Å². The van der Waals surface area contributed by atoms with E-state index >= 15 is 0 Å². The molecule has 5 heteroatoms. The van der Waals surface area contributed by atoms with Crippen LogP contribution in [-0.4, -0.2) is 42.9 Å². The minimum Gasteiger partial charge on any atom is -0.396 e. The second-order valence-corrected chi connectivity index (χ2v) is 4.06. The zero-order valence-corrected chi connectivity index (χ0v) is 10.7. The fourth-order valence-corrected chi connectivity index (χ4v) is 1.64. The summed E-state index contributed by atoms with van der Waals surface area (Å²) in [6.45, 7) is 5.27. The summed E-state index contributed by atoms with van der Waals surface area (Å²) in [7, 11) is 0. The predicted octanol–water partition coefficient (Wildman–Crippen LogP) is 1.24. The molecule has 0 aliphatic carbocycles. The molecule has 0 saturated heterocycles. The molecule has 0 fully saturated rings. The number of nitrogens with two attached hydrogens (primary N) is 1. The summed E-state index contributed by atoms with van der Waals surface area (Å²) in [4.78, 5) is 2.14. The monoisotopic (exact) mass is 256 g/mol. The third kappa shape index (κ3) is 5.00. The molecule has 0 aromatic heterocycles. The van der Waals surface area contributed by atoms with Crippen LogP contribution in [0, 0.1) is 5.82 Å². The van der Waals surface area contributed by atoms with Gasteiger partial charge in [0.15, 0.2) is 0 Å². The average molecular weight is 256 g/mol. The van der Waals surface area contributed by atoms with Gasteiger partial charge in [0.25, 0.3) is 0 Å². The Morgan fingerprint density at radius 3 is 2.78 bits per heavy atom. The highest BCUT2D eigenvalue weighted by Gasteiger charge is 2.06. The molecule has 0 aliphatic rings. The van der Waals surface area contributed by atoms with E-state index in [-0.39, 0.29) is 18.1 Å². The summed E-state index contributed by atoms with van der Waals surface area (Å²) in [6.07, 6.45) is 0. The van der Waals surface area contributed by atoms with Gasteiger partial charge in [0.2, 0.25) is 0 Å². The molecule has 1 aromatic rings. The van der Waals surface area contributed by atoms with Crippen molar-refractivity contribution in [2.75, 3.05) is 38.6 Å². The molecule has 0 unspecified atom stereocenters. The quantitative estimate of drug-likeness (QED) is 0.543. The van der Waals surface area contributed by atoms with Crippen LogP contribution in [0.4, 0.5) is 10.1 Å². The molecule has 18 heavy (non-hydrogen) atoms. The Labute approximate surface area is 107 Å². The van der Waals surface area contributed by atoms with Crippen LogP contribution in [0.3, 0.4) is 0 Å². The van der Waals surface area contributed by atoms with E-state index in [9.17, 15) is 4.39 Å². The summed E-state index contributed by atoms with van der Waals surface area (Å²) >= 11 is 0. The number of aliphatic hydroxyl groups is 1. The zero-order valence-electron chi connectivity index (χ0n) is 10.7. The Morgan fingerprint density at radius 2 is 2.17 bits per heavy atom. The molecule has 1 aromatic carbocycles. The predicted molar refractivity (Wildman–Crippen MR) is 69.7 cm³/mol. The van der Waals surface area contributed by atoms with Crippen molar-refractivity contribution in [2.24, 2.45) is 0 Å². The number of benzene rings is 1. The maximum Gasteiger partial charge on any atom is 0.146 e. The number of likely N-dealkylation sites (N-methyl/N-ethyl adjacent to an activating group) is 1. The van der Waals surface area contributed by atoms with Gasteiger partial charge < -0.3 is 15.6 Å². The summed E-state index contributed by atoms with van der Waals surface area (Å²) in [5, 5.41) is 8.59. The van der Waals surface area contributed by atoms with Crippen molar-refractivity contribution >= 4 is 5.69 Å². The Hall–Kier alpha value is -1.17. The number of nitrogen functional groups attached to an aromatic ring is 1. The van der Waals surface area contributed by atoms with Crippen molar-refractivity contribution in [2.45, 2.75) is 13.5 Å². The van der Waals surface area contributed by atoms with Gasteiger partial charge in [0.1, 0.15) is 5.82 Å². The molecule has 0 spiro atoms. The first-order valence-electron chi connectivity index (χ1n) is 6.12. The molecule has 0 aliphatic heterocycles. The van der Waals surface area contributed by atoms with Crippen molar-refractivity contribution in [1.82, 2.24) is 4.90 Å². The molecule has 0 radical (unpaired) electrons. The first-order chi connectivity index (χ1) is 8.67. The van der Waals surface area contributed by atoms with E-state index in [1.54, 1.807) is 6.07 Å². The number of hydrogen-bond donors (Lipinski definition) is 2. The molecule has 102 valence electrons. The summed E-state index contributed by atoms with van der Waals surface area (Å²) in [6, 6.07) is 4.88. The fraction of sp³-hybridized carbons (Fsp3) is 0.538. The van der Waals surface area contributed by atoms with Crippen molar-refractivity contribution in [3.63, 3.8) is 0 Å². The van der Waals surface area contributed by atoms with Crippen molar-refractivity contribution in [3.8, 4) is 0 Å². The van der Waals surface area contributed by atoms with Crippen molar-refractivity contribution in [3.05, 3.63) is 29.6 Å². The highest BCUT2D eigenvalue weighted by atomic mass is 19.1. The third-order valence-corrected chi connectivity index (χ3v) is 2.71. The molecule has 0 heterocycles. The number of rotatable bonds is 8. The van der Waals surface area contributed by atoms with Gasteiger partial charge in [-0.2, -0.15) is 0 Å². The van der Waals surface area contributed by atoms with E-state index < -0.39 is 0 Å². The Bertz CT molecular complexity index is 361. The van der Waals surface area contributed by atoms with Gasteiger partial charge in [-0.1, -0.05) is 13.0 Å². The minimum atomic E-state index is -0.375. The van der Waals surface area contributed by atoms with Gasteiger partial charge in [-0.25, -0.2) is 4.39 Å². The lowest BCUT2D eigenvalue weighted by Crippen LogP contribution is -2.27. The lowest BCUT2D eigenvalue weighted by atomic mass is 10.2. The van der Waals surface area contributed by atoms with Crippen LogP contribution in [0.25, 0.3) is 0 Å². The van der Waals surface area contributed by atoms with Crippen LogP contribution in [0.15, 0.2) is 18.2 Å². The molecule has 0 saturated carbocycles. The van der Waals surface area contributed by atoms with Crippen LogP contribution in [0.5, 0.6) is 0 Å². The van der Waals surface area contributed by atoms with Crippen molar-refractivity contribution in [1.29, 1.82) is 0 Å². The van der Waals surface area contributed by atoms with Gasteiger partial charge in [-0.3, -0.25) is 4.90 Å². The topological polar surface area (TPSA) is 58.7 Å². The molecular formula is C13H21FN2O2. The molecule has 0 atom stereocenters. The Morgan fingerprint density at radius 1 is 1.39 bits per heavy atom. The van der Waals surface area contributed by atoms with Gasteiger partial charge >= 0.3 is 0 Å². The van der Waals surface area contributed by atoms with E-state index in [1.165, 1.54) is 6.07 Å². The standard InChI is InChI=1S/C13H21FN2O2/c1-2-16(5-7-18-8-6-17)10-11-3-4-13(15)12(14)9-11/h3-4,9,17H,2,5-8,10,15H2,1H3. The van der Waals surface area contributed by atoms with Gasteiger partial charge in [-0.15, -0.1) is 0 Å². The first kappa shape index (κ1) is 14.9. The highest BCUT2D eigenvalue weighted by Crippen LogP contribution is 2.13. The first-order valence-corrected chi connectivity index (χ1v) is 6.12. The third-order valence-electron chi connectivity index (χ3n) is 2.71. The van der Waals surface area contributed by atoms with E-state index in [0.717, 1.165) is 18.7 Å². The largest absolute Gasteiger partial charge is 0.396 e. The fourth-order valence-electron chi connectivity index (χ4n) is 1.64. The number of aliphatic hydroxyl groups excluding tert-OH is 1. The highest BCUT2D eigenvalue weighted by molar-refractivity contribution is 5.41. The second-order valence-electron chi connectivity index (χ2n) is 4.06. The molecule has 3 N–H and O–H groups in total. The number of ether oxygens (including phenoxy) is 1. The molecule has 0 amide bonds. The lowest BCUT2D eigenvalue weighted by Gasteiger charge is -2.20. The van der Waals surface area contributed by atoms with E-state index in [0.29, 0.717) is 19.8 Å². The maximum atomic E-state index is 13.3. The molecule has 0 bridgehead atoms. The van der Waals surface area contributed by atoms with E-state index in [2.05, 4.69) is 4.90 Å². The number of anilines is 1. The normalized spacial score (nSPS) is 11.1. The Kier molecular flexibility index (Phi) is 6.64. The van der Waals surface area contributed by atoms with Crippen LogP contribution < -0.4 is 5.73 Å². The van der Waals surface area contributed by atoms with Gasteiger partial charge in [0.05, 0.1) is 25.5 Å². The second kappa shape index (κ2) is 8.02. The van der Waals surface area contributed by atoms with Crippen LogP contribution >= 0.6 is 0 Å². The SMILES string of the molecule is CCN(CCOCCO)Cc1ccc(N)c(F)c1. The van der Waals surface area contributed by atoms with E-state index in [4.69, 9.17) is 15.6 Å². The lowest BCUT2D eigenvalue weighted by molar-refractivity contribution is 0.0732. The van der Waals surface area contributed by atoms with Gasteiger partial charge in [-0.05, 0) is 24.2 Å². The van der Waals surface area contributed by atoms with E-state index in [1.807, 2.05) is 13.0 Å². The summed E-state index contributed by atoms with van der Waals surface area (Å²) in [5.74, 6) is -0.375. The van der Waals surface area contributed by atoms with Crippen LogP contribution in [-0.2, 0) is 11.3 Å². The smallest absolute Gasteiger partial charge is 0.146 e. The molecule has 1 rings (SSSR count). The Balaban J connectivity index is 2.44.